The van der Waals surface area contributed by atoms with E-state index in [4.69, 9.17) is 4.74 Å². The van der Waals surface area contributed by atoms with Gasteiger partial charge in [-0.25, -0.2) is 9.18 Å². The lowest BCUT2D eigenvalue weighted by Gasteiger charge is -2.20. The zero-order chi connectivity index (χ0) is 15.9. The number of rotatable bonds is 6. The molecule has 0 aromatic heterocycles. The van der Waals surface area contributed by atoms with Crippen LogP contribution in [0, 0.1) is 5.82 Å². The Bertz CT molecular complexity index is 458. The quantitative estimate of drug-likeness (QED) is 0.791. The summed E-state index contributed by atoms with van der Waals surface area (Å²) in [5.74, 6) is -0.229. The SMILES string of the molecule is C[C@@H](NCCCNC(=O)OC(C)(C)C)c1cccc(F)c1. The molecule has 1 aromatic rings. The second-order valence-corrected chi connectivity index (χ2v) is 6.01. The summed E-state index contributed by atoms with van der Waals surface area (Å²) in [6, 6.07) is 6.62. The van der Waals surface area contributed by atoms with Crippen molar-refractivity contribution in [2.75, 3.05) is 13.1 Å². The van der Waals surface area contributed by atoms with Crippen molar-refractivity contribution in [3.05, 3.63) is 35.6 Å². The minimum absolute atomic E-state index is 0.0715. The fourth-order valence-electron chi connectivity index (χ4n) is 1.81. The molecule has 0 aliphatic carbocycles. The Morgan fingerprint density at radius 1 is 1.33 bits per heavy atom. The summed E-state index contributed by atoms with van der Waals surface area (Å²) in [6.07, 6.45) is 0.375. The molecule has 1 aromatic carbocycles. The Morgan fingerprint density at radius 3 is 2.67 bits per heavy atom. The Labute approximate surface area is 126 Å². The highest BCUT2D eigenvalue weighted by Crippen LogP contribution is 2.13. The smallest absolute Gasteiger partial charge is 0.407 e. The van der Waals surface area contributed by atoms with Gasteiger partial charge in [0.2, 0.25) is 0 Å². The molecule has 4 nitrogen and oxygen atoms in total. The van der Waals surface area contributed by atoms with Crippen LogP contribution in [0.15, 0.2) is 24.3 Å². The maximum Gasteiger partial charge on any atom is 0.407 e. The third-order valence-electron chi connectivity index (χ3n) is 2.82. The summed E-state index contributed by atoms with van der Waals surface area (Å²) in [5.41, 5.74) is 0.434. The van der Waals surface area contributed by atoms with Crippen LogP contribution in [0.2, 0.25) is 0 Å². The molecule has 2 N–H and O–H groups in total. The van der Waals surface area contributed by atoms with Crippen molar-refractivity contribution in [3.8, 4) is 0 Å². The van der Waals surface area contributed by atoms with Gasteiger partial charge < -0.3 is 15.4 Å². The second-order valence-electron chi connectivity index (χ2n) is 6.01. The summed E-state index contributed by atoms with van der Waals surface area (Å²) in [6.45, 7) is 8.74. The first-order valence-corrected chi connectivity index (χ1v) is 7.23. The number of alkyl carbamates (subject to hydrolysis) is 1. The van der Waals surface area contributed by atoms with Crippen LogP contribution in [0.1, 0.15) is 45.7 Å². The van der Waals surface area contributed by atoms with Gasteiger partial charge in [0.1, 0.15) is 11.4 Å². The molecule has 1 amide bonds. The zero-order valence-electron chi connectivity index (χ0n) is 13.2. The molecule has 21 heavy (non-hydrogen) atoms. The highest BCUT2D eigenvalue weighted by molar-refractivity contribution is 5.67. The number of hydrogen-bond donors (Lipinski definition) is 2. The van der Waals surface area contributed by atoms with Gasteiger partial charge in [0.15, 0.2) is 0 Å². The highest BCUT2D eigenvalue weighted by atomic mass is 19.1. The maximum absolute atomic E-state index is 13.1. The van der Waals surface area contributed by atoms with E-state index in [0.717, 1.165) is 18.5 Å². The molecule has 5 heteroatoms. The van der Waals surface area contributed by atoms with Gasteiger partial charge in [0, 0.05) is 12.6 Å². The number of carbonyl (C=O) groups is 1. The third-order valence-corrected chi connectivity index (χ3v) is 2.82. The molecule has 0 bridgehead atoms. The molecule has 0 aliphatic rings. The van der Waals surface area contributed by atoms with Gasteiger partial charge in [-0.15, -0.1) is 0 Å². The fraction of sp³-hybridized carbons (Fsp3) is 0.562. The summed E-state index contributed by atoms with van der Waals surface area (Å²) in [7, 11) is 0. The van der Waals surface area contributed by atoms with Crippen LogP contribution in [-0.2, 0) is 4.74 Å². The molecule has 0 saturated carbocycles. The molecule has 0 saturated heterocycles. The lowest BCUT2D eigenvalue weighted by atomic mass is 10.1. The molecule has 1 rings (SSSR count). The minimum atomic E-state index is -0.478. The van der Waals surface area contributed by atoms with Gasteiger partial charge in [0.25, 0.3) is 0 Å². The highest BCUT2D eigenvalue weighted by Gasteiger charge is 2.15. The number of nitrogens with one attached hydrogen (secondary N) is 2. The summed E-state index contributed by atoms with van der Waals surface area (Å²) < 4.78 is 18.2. The summed E-state index contributed by atoms with van der Waals surface area (Å²) >= 11 is 0. The third kappa shape index (κ3) is 7.66. The average Bonchev–Trinajstić information content (AvgIpc) is 2.36. The number of amides is 1. The largest absolute Gasteiger partial charge is 0.444 e. The topological polar surface area (TPSA) is 50.4 Å². The van der Waals surface area contributed by atoms with E-state index >= 15 is 0 Å². The standard InChI is InChI=1S/C16H25FN2O2/c1-12(13-7-5-8-14(17)11-13)18-9-6-10-19-15(20)21-16(2,3)4/h5,7-8,11-12,18H,6,9-10H2,1-4H3,(H,19,20)/t12-/m1/s1. The Balaban J connectivity index is 2.18. The number of benzene rings is 1. The van der Waals surface area contributed by atoms with Gasteiger partial charge in [-0.2, -0.15) is 0 Å². The molecule has 0 aliphatic heterocycles. The van der Waals surface area contributed by atoms with Gasteiger partial charge in [-0.05, 0) is 58.4 Å². The van der Waals surface area contributed by atoms with Crippen molar-refractivity contribution in [1.29, 1.82) is 0 Å². The van der Waals surface area contributed by atoms with Crippen molar-refractivity contribution in [2.24, 2.45) is 0 Å². The van der Waals surface area contributed by atoms with Crippen molar-refractivity contribution in [2.45, 2.75) is 45.8 Å². The first-order chi connectivity index (χ1) is 9.78. The predicted molar refractivity (Wildman–Crippen MR) is 81.7 cm³/mol. The Morgan fingerprint density at radius 2 is 2.05 bits per heavy atom. The van der Waals surface area contributed by atoms with Crippen LogP contribution in [0.25, 0.3) is 0 Å². The molecule has 0 unspecified atom stereocenters. The van der Waals surface area contributed by atoms with Gasteiger partial charge in [-0.3, -0.25) is 0 Å². The molecule has 0 heterocycles. The molecule has 0 radical (unpaired) electrons. The average molecular weight is 296 g/mol. The fourth-order valence-corrected chi connectivity index (χ4v) is 1.81. The van der Waals surface area contributed by atoms with E-state index < -0.39 is 11.7 Å². The van der Waals surface area contributed by atoms with E-state index in [2.05, 4.69) is 10.6 Å². The van der Waals surface area contributed by atoms with Crippen molar-refractivity contribution in [1.82, 2.24) is 10.6 Å². The minimum Gasteiger partial charge on any atom is -0.444 e. The lowest BCUT2D eigenvalue weighted by Crippen LogP contribution is -2.34. The normalized spacial score (nSPS) is 12.8. The van der Waals surface area contributed by atoms with E-state index in [1.54, 1.807) is 6.07 Å². The Hall–Kier alpha value is -1.62. The summed E-state index contributed by atoms with van der Waals surface area (Å²) in [4.78, 5) is 11.4. The molecule has 1 atom stereocenters. The predicted octanol–water partition coefficient (Wildman–Crippen LogP) is 3.39. The number of hydrogen-bond acceptors (Lipinski definition) is 3. The lowest BCUT2D eigenvalue weighted by molar-refractivity contribution is 0.0527. The van der Waals surface area contributed by atoms with E-state index in [9.17, 15) is 9.18 Å². The first kappa shape index (κ1) is 17.4. The molecule has 0 spiro atoms. The van der Waals surface area contributed by atoms with E-state index in [1.807, 2.05) is 33.8 Å². The first-order valence-electron chi connectivity index (χ1n) is 7.23. The maximum atomic E-state index is 13.1. The second kappa shape index (κ2) is 7.98. The van der Waals surface area contributed by atoms with Crippen LogP contribution in [0.3, 0.4) is 0 Å². The van der Waals surface area contributed by atoms with Crippen LogP contribution >= 0.6 is 0 Å². The van der Waals surface area contributed by atoms with E-state index in [1.165, 1.54) is 12.1 Å². The van der Waals surface area contributed by atoms with Gasteiger partial charge in [-0.1, -0.05) is 12.1 Å². The Kier molecular flexibility index (Phi) is 6.62. The van der Waals surface area contributed by atoms with E-state index in [-0.39, 0.29) is 11.9 Å². The number of halogens is 1. The summed E-state index contributed by atoms with van der Waals surface area (Å²) in [5, 5.41) is 5.99. The van der Waals surface area contributed by atoms with Crippen LogP contribution in [0.5, 0.6) is 0 Å². The molecular formula is C16H25FN2O2. The van der Waals surface area contributed by atoms with Crippen LogP contribution in [0.4, 0.5) is 9.18 Å². The monoisotopic (exact) mass is 296 g/mol. The number of carbonyl (C=O) groups excluding carboxylic acids is 1. The van der Waals surface area contributed by atoms with Crippen molar-refractivity contribution < 1.29 is 13.9 Å². The van der Waals surface area contributed by atoms with Crippen molar-refractivity contribution in [3.63, 3.8) is 0 Å². The van der Waals surface area contributed by atoms with Crippen LogP contribution in [-0.4, -0.2) is 24.8 Å². The zero-order valence-corrected chi connectivity index (χ0v) is 13.2. The molecular weight excluding hydrogens is 271 g/mol. The number of ether oxygens (including phenoxy) is 1. The van der Waals surface area contributed by atoms with Crippen LogP contribution < -0.4 is 10.6 Å². The molecule has 118 valence electrons. The van der Waals surface area contributed by atoms with Crippen molar-refractivity contribution >= 4 is 6.09 Å². The molecule has 0 fully saturated rings. The van der Waals surface area contributed by atoms with E-state index in [0.29, 0.717) is 6.54 Å². The van der Waals surface area contributed by atoms with Gasteiger partial charge >= 0.3 is 6.09 Å². The van der Waals surface area contributed by atoms with Gasteiger partial charge in [0.05, 0.1) is 0 Å².